The maximum Gasteiger partial charge on any atom is 0.244 e. The molecule has 9 heteroatoms. The summed E-state index contributed by atoms with van der Waals surface area (Å²) in [5, 5.41) is 3.08. The van der Waals surface area contributed by atoms with E-state index in [1.54, 1.807) is 12.4 Å². The van der Waals surface area contributed by atoms with Gasteiger partial charge in [0.1, 0.15) is 16.5 Å². The Kier molecular flexibility index (Phi) is 5.57. The normalized spacial score (nSPS) is 11.9. The third-order valence-electron chi connectivity index (χ3n) is 2.75. The summed E-state index contributed by atoms with van der Waals surface area (Å²) in [5.41, 5.74) is 0. The Morgan fingerprint density at radius 3 is 2.95 bits per heavy atom. The van der Waals surface area contributed by atoms with Crippen LogP contribution in [0.5, 0.6) is 0 Å². The number of nitrogens with one attached hydrogen (secondary N) is 3. The lowest BCUT2D eigenvalue weighted by Gasteiger charge is -2.03. The summed E-state index contributed by atoms with van der Waals surface area (Å²) >= 11 is 3.14. The quantitative estimate of drug-likeness (QED) is 0.646. The number of aromatic amines is 1. The van der Waals surface area contributed by atoms with Crippen LogP contribution >= 0.6 is 15.9 Å². The van der Waals surface area contributed by atoms with Crippen LogP contribution in [0.1, 0.15) is 18.5 Å². The Morgan fingerprint density at radius 2 is 2.29 bits per heavy atom. The SMILES string of the molecule is CCNCc1cc(S(=O)(=O)NCCc2ncc[nH]2)c(Br)o1. The molecule has 0 aromatic carbocycles. The second kappa shape index (κ2) is 7.21. The van der Waals surface area contributed by atoms with Crippen molar-refractivity contribution in [1.82, 2.24) is 20.0 Å². The van der Waals surface area contributed by atoms with Gasteiger partial charge in [0.2, 0.25) is 10.0 Å². The average Bonchev–Trinajstić information content (AvgIpc) is 3.06. The van der Waals surface area contributed by atoms with Crippen molar-refractivity contribution in [2.24, 2.45) is 0 Å². The molecule has 0 spiro atoms. The molecule has 2 aromatic heterocycles. The molecule has 21 heavy (non-hydrogen) atoms. The monoisotopic (exact) mass is 376 g/mol. The molecule has 0 bridgehead atoms. The van der Waals surface area contributed by atoms with E-state index >= 15 is 0 Å². The van der Waals surface area contributed by atoms with Crippen molar-refractivity contribution >= 4 is 26.0 Å². The lowest BCUT2D eigenvalue weighted by Crippen LogP contribution is -2.26. The summed E-state index contributed by atoms with van der Waals surface area (Å²) < 4.78 is 32.5. The van der Waals surface area contributed by atoms with Crippen molar-refractivity contribution in [3.63, 3.8) is 0 Å². The molecule has 0 radical (unpaired) electrons. The summed E-state index contributed by atoms with van der Waals surface area (Å²) in [6, 6.07) is 1.52. The predicted octanol–water partition coefficient (Wildman–Crippen LogP) is 1.40. The minimum absolute atomic E-state index is 0.106. The van der Waals surface area contributed by atoms with E-state index in [0.29, 0.717) is 18.7 Å². The van der Waals surface area contributed by atoms with Gasteiger partial charge in [0.05, 0.1) is 6.54 Å². The molecule has 0 fully saturated rings. The molecular formula is C12H17BrN4O3S. The molecule has 2 rings (SSSR count). The first kappa shape index (κ1) is 16.2. The number of hydrogen-bond donors (Lipinski definition) is 3. The van der Waals surface area contributed by atoms with Crippen LogP contribution in [0.25, 0.3) is 0 Å². The van der Waals surface area contributed by atoms with E-state index in [1.165, 1.54) is 6.07 Å². The minimum atomic E-state index is -3.61. The van der Waals surface area contributed by atoms with E-state index < -0.39 is 10.0 Å². The number of aromatic nitrogens is 2. The molecule has 116 valence electrons. The fourth-order valence-corrected chi connectivity index (χ4v) is 3.76. The van der Waals surface area contributed by atoms with Crippen LogP contribution < -0.4 is 10.0 Å². The lowest BCUT2D eigenvalue weighted by molar-refractivity contribution is 0.464. The van der Waals surface area contributed by atoms with E-state index in [-0.39, 0.29) is 16.1 Å². The number of nitrogens with zero attached hydrogens (tertiary/aromatic N) is 1. The maximum absolute atomic E-state index is 12.2. The molecule has 0 atom stereocenters. The number of H-pyrrole nitrogens is 1. The number of sulfonamides is 1. The first-order valence-corrected chi connectivity index (χ1v) is 8.77. The van der Waals surface area contributed by atoms with Crippen molar-refractivity contribution < 1.29 is 12.8 Å². The van der Waals surface area contributed by atoms with E-state index in [9.17, 15) is 8.42 Å². The molecule has 0 saturated heterocycles. The van der Waals surface area contributed by atoms with E-state index in [4.69, 9.17) is 4.42 Å². The Balaban J connectivity index is 1.99. The fourth-order valence-electron chi connectivity index (χ4n) is 1.73. The fraction of sp³-hybridized carbons (Fsp3) is 0.417. The van der Waals surface area contributed by atoms with Gasteiger partial charge in [-0.05, 0) is 22.5 Å². The van der Waals surface area contributed by atoms with Gasteiger partial charge in [0.25, 0.3) is 0 Å². The Labute approximate surface area is 131 Å². The summed E-state index contributed by atoms with van der Waals surface area (Å²) in [5.74, 6) is 1.30. The third kappa shape index (κ3) is 4.40. The van der Waals surface area contributed by atoms with Crippen molar-refractivity contribution in [1.29, 1.82) is 0 Å². The number of furan rings is 1. The number of halogens is 1. The standard InChI is InChI=1S/C12H17BrN4O3S/c1-2-14-8-9-7-10(12(13)20-9)21(18,19)17-4-3-11-15-5-6-16-11/h5-7,14,17H,2-4,8H2,1H3,(H,15,16). The molecule has 7 nitrogen and oxygen atoms in total. The highest BCUT2D eigenvalue weighted by Crippen LogP contribution is 2.25. The van der Waals surface area contributed by atoms with Crippen molar-refractivity contribution in [2.75, 3.05) is 13.1 Å². The van der Waals surface area contributed by atoms with E-state index in [2.05, 4.69) is 35.9 Å². The van der Waals surface area contributed by atoms with Gasteiger partial charge in [-0.2, -0.15) is 0 Å². The second-order valence-corrected chi connectivity index (χ2v) is 6.77. The van der Waals surface area contributed by atoms with Crippen molar-refractivity contribution in [3.05, 3.63) is 34.7 Å². The van der Waals surface area contributed by atoms with Crippen LogP contribution in [0.2, 0.25) is 0 Å². The molecule has 3 N–H and O–H groups in total. The van der Waals surface area contributed by atoms with Gasteiger partial charge in [-0.1, -0.05) is 6.92 Å². The van der Waals surface area contributed by atoms with Gasteiger partial charge in [-0.15, -0.1) is 0 Å². The van der Waals surface area contributed by atoms with Gasteiger partial charge >= 0.3 is 0 Å². The zero-order chi connectivity index (χ0) is 15.3. The third-order valence-corrected chi connectivity index (χ3v) is 5.07. The smallest absolute Gasteiger partial charge is 0.244 e. The lowest BCUT2D eigenvalue weighted by atomic mass is 10.4. The van der Waals surface area contributed by atoms with Crippen LogP contribution in [0.15, 0.2) is 32.4 Å². The minimum Gasteiger partial charge on any atom is -0.452 e. The zero-order valence-electron chi connectivity index (χ0n) is 11.5. The predicted molar refractivity (Wildman–Crippen MR) is 81.3 cm³/mol. The summed E-state index contributed by atoms with van der Waals surface area (Å²) in [6.07, 6.45) is 3.82. The largest absolute Gasteiger partial charge is 0.452 e. The molecule has 0 unspecified atom stereocenters. The number of hydrogen-bond acceptors (Lipinski definition) is 5. The second-order valence-electron chi connectivity index (χ2n) is 4.31. The van der Waals surface area contributed by atoms with Gasteiger partial charge in [0.15, 0.2) is 4.67 Å². The van der Waals surface area contributed by atoms with Crippen molar-refractivity contribution in [3.8, 4) is 0 Å². The van der Waals surface area contributed by atoms with Gasteiger partial charge in [-0.25, -0.2) is 18.1 Å². The number of rotatable bonds is 8. The molecule has 0 aliphatic heterocycles. The van der Waals surface area contributed by atoms with Crippen LogP contribution in [-0.4, -0.2) is 31.5 Å². The Morgan fingerprint density at radius 1 is 1.48 bits per heavy atom. The molecule has 0 amide bonds. The van der Waals surface area contributed by atoms with E-state index in [0.717, 1.165) is 12.4 Å². The highest BCUT2D eigenvalue weighted by Gasteiger charge is 2.22. The van der Waals surface area contributed by atoms with Crippen LogP contribution in [-0.2, 0) is 23.0 Å². The number of imidazole rings is 1. The molecule has 2 heterocycles. The van der Waals surface area contributed by atoms with Gasteiger partial charge in [0, 0.05) is 31.4 Å². The van der Waals surface area contributed by atoms with Gasteiger partial charge < -0.3 is 14.7 Å². The first-order chi connectivity index (χ1) is 10.0. The van der Waals surface area contributed by atoms with E-state index in [1.807, 2.05) is 6.92 Å². The molecule has 0 aliphatic carbocycles. The topological polar surface area (TPSA) is 100 Å². The van der Waals surface area contributed by atoms with Crippen LogP contribution in [0.3, 0.4) is 0 Å². The van der Waals surface area contributed by atoms with Crippen LogP contribution in [0, 0.1) is 0 Å². The van der Waals surface area contributed by atoms with Gasteiger partial charge in [-0.3, -0.25) is 0 Å². The Hall–Kier alpha value is -1.16. The summed E-state index contributed by atoms with van der Waals surface area (Å²) in [6.45, 7) is 3.49. The Bertz CT molecular complexity index is 667. The summed E-state index contributed by atoms with van der Waals surface area (Å²) in [7, 11) is -3.61. The average molecular weight is 377 g/mol. The molecule has 2 aromatic rings. The first-order valence-electron chi connectivity index (χ1n) is 6.49. The summed E-state index contributed by atoms with van der Waals surface area (Å²) in [4.78, 5) is 7.06. The van der Waals surface area contributed by atoms with Crippen LogP contribution in [0.4, 0.5) is 0 Å². The maximum atomic E-state index is 12.2. The zero-order valence-corrected chi connectivity index (χ0v) is 13.9. The molecule has 0 aliphatic rings. The van der Waals surface area contributed by atoms with Crippen molar-refractivity contribution in [2.45, 2.75) is 24.8 Å². The molecule has 0 saturated carbocycles. The highest BCUT2D eigenvalue weighted by molar-refractivity contribution is 9.10. The molecular weight excluding hydrogens is 360 g/mol. The highest BCUT2D eigenvalue weighted by atomic mass is 79.9.